The topological polar surface area (TPSA) is 48.8 Å². The van der Waals surface area contributed by atoms with Crippen molar-refractivity contribution in [3.05, 3.63) is 144 Å². The van der Waals surface area contributed by atoms with Crippen LogP contribution in [0.15, 0.2) is 143 Å². The van der Waals surface area contributed by atoms with Crippen LogP contribution in [0.4, 0.5) is 22.7 Å². The van der Waals surface area contributed by atoms with E-state index >= 15 is 0 Å². The number of fused-ring (bicyclic) bond motifs is 2. The fourth-order valence-electron chi connectivity index (χ4n) is 4.10. The molecule has 0 fully saturated rings. The van der Waals surface area contributed by atoms with Crippen molar-refractivity contribution in [2.75, 3.05) is 10.6 Å². The predicted molar refractivity (Wildman–Crippen MR) is 153 cm³/mol. The molecule has 36 heavy (non-hydrogen) atoms. The van der Waals surface area contributed by atoms with E-state index in [4.69, 9.17) is 9.98 Å². The van der Waals surface area contributed by atoms with Crippen molar-refractivity contribution in [1.29, 1.82) is 0 Å². The quantitative estimate of drug-likeness (QED) is 0.311. The van der Waals surface area contributed by atoms with E-state index < -0.39 is 0 Å². The minimum atomic E-state index is 0.865. The average molecular weight is 469 g/mol. The number of hydrogen-bond donors (Lipinski definition) is 2. The van der Waals surface area contributed by atoms with E-state index in [1.807, 2.05) is 84.9 Å². The Morgan fingerprint density at radius 1 is 0.444 bits per heavy atom. The van der Waals surface area contributed by atoms with E-state index in [1.54, 1.807) is 0 Å². The first-order valence-corrected chi connectivity index (χ1v) is 12.0. The number of rotatable bonds is 2. The van der Waals surface area contributed by atoms with Crippen LogP contribution in [0.25, 0.3) is 0 Å². The average Bonchev–Trinajstić information content (AvgIpc) is 2.90. The smallest absolute Gasteiger partial charge is 0.0871 e. The van der Waals surface area contributed by atoms with Gasteiger partial charge < -0.3 is 10.6 Å². The highest BCUT2D eigenvalue weighted by atomic mass is 14.9. The molecule has 0 aromatic heterocycles. The van der Waals surface area contributed by atoms with Gasteiger partial charge in [0.15, 0.2) is 0 Å². The zero-order valence-corrected chi connectivity index (χ0v) is 20.4. The lowest BCUT2D eigenvalue weighted by Crippen LogP contribution is -2.06. The van der Waals surface area contributed by atoms with Crippen LogP contribution in [0.3, 0.4) is 0 Å². The fraction of sp³-hybridized carbons (Fsp3) is 0.0625. The molecule has 176 valence electrons. The van der Waals surface area contributed by atoms with Crippen LogP contribution in [0.5, 0.6) is 0 Å². The summed E-state index contributed by atoms with van der Waals surface area (Å²) in [6.07, 6.45) is 4.17. The second kappa shape index (κ2) is 10.7. The van der Waals surface area contributed by atoms with Crippen LogP contribution in [-0.4, -0.2) is 11.4 Å². The third-order valence-corrected chi connectivity index (χ3v) is 5.80. The van der Waals surface area contributed by atoms with Gasteiger partial charge in [0.1, 0.15) is 0 Å². The van der Waals surface area contributed by atoms with Gasteiger partial charge in [-0.2, -0.15) is 0 Å². The first-order chi connectivity index (χ1) is 17.7. The Balaban J connectivity index is 1.71. The zero-order chi connectivity index (χ0) is 24.7. The Hall–Kier alpha value is -4.70. The van der Waals surface area contributed by atoms with Crippen LogP contribution in [0, 0.1) is 0 Å². The van der Waals surface area contributed by atoms with Crippen molar-refractivity contribution in [1.82, 2.24) is 0 Å². The summed E-state index contributed by atoms with van der Waals surface area (Å²) in [5.74, 6) is 0. The van der Waals surface area contributed by atoms with Gasteiger partial charge >= 0.3 is 0 Å². The fourth-order valence-corrected chi connectivity index (χ4v) is 4.10. The van der Waals surface area contributed by atoms with Gasteiger partial charge in [-0.1, -0.05) is 84.9 Å². The highest BCUT2D eigenvalue weighted by Crippen LogP contribution is 2.30. The molecule has 1 heterocycles. The maximum absolute atomic E-state index is 5.10. The monoisotopic (exact) mass is 468 g/mol. The largest absolute Gasteiger partial charge is 0.357 e. The highest BCUT2D eigenvalue weighted by Gasteiger charge is 2.10. The van der Waals surface area contributed by atoms with Crippen LogP contribution in [-0.2, 0) is 0 Å². The van der Waals surface area contributed by atoms with Gasteiger partial charge in [-0.05, 0) is 50.3 Å². The molecule has 1 aliphatic rings. The summed E-state index contributed by atoms with van der Waals surface area (Å²) in [5, 5.41) is 7.12. The Morgan fingerprint density at radius 2 is 0.806 bits per heavy atom. The molecule has 4 nitrogen and oxygen atoms in total. The van der Waals surface area contributed by atoms with Gasteiger partial charge in [-0.3, -0.25) is 0 Å². The number of para-hydroxylation sites is 4. The lowest BCUT2D eigenvalue weighted by molar-refractivity contribution is 1.34. The van der Waals surface area contributed by atoms with Gasteiger partial charge in [0.25, 0.3) is 0 Å². The molecule has 0 aliphatic carbocycles. The van der Waals surface area contributed by atoms with Gasteiger partial charge in [0, 0.05) is 22.5 Å². The van der Waals surface area contributed by atoms with Crippen molar-refractivity contribution in [2.45, 2.75) is 13.8 Å². The zero-order valence-electron chi connectivity index (χ0n) is 20.4. The van der Waals surface area contributed by atoms with E-state index in [1.165, 1.54) is 0 Å². The summed E-state index contributed by atoms with van der Waals surface area (Å²) in [6, 6.07) is 36.7. The summed E-state index contributed by atoms with van der Waals surface area (Å²) >= 11 is 0. The minimum Gasteiger partial charge on any atom is -0.357 e. The van der Waals surface area contributed by atoms with Gasteiger partial charge in [0.2, 0.25) is 0 Å². The van der Waals surface area contributed by atoms with Crippen LogP contribution in [0.2, 0.25) is 0 Å². The van der Waals surface area contributed by atoms with Gasteiger partial charge in [0.05, 0.1) is 34.2 Å². The lowest BCUT2D eigenvalue weighted by atomic mass is 10.1. The molecule has 0 saturated heterocycles. The maximum Gasteiger partial charge on any atom is 0.0871 e. The molecule has 4 heteroatoms. The van der Waals surface area contributed by atoms with Crippen molar-refractivity contribution in [3.8, 4) is 0 Å². The van der Waals surface area contributed by atoms with Crippen LogP contribution < -0.4 is 10.6 Å². The molecule has 0 radical (unpaired) electrons. The maximum atomic E-state index is 5.10. The van der Waals surface area contributed by atoms with Crippen molar-refractivity contribution in [2.24, 2.45) is 9.98 Å². The molecule has 2 N–H and O–H groups in total. The third-order valence-electron chi connectivity index (χ3n) is 5.80. The molecule has 0 bridgehead atoms. The molecule has 1 aliphatic heterocycles. The SMILES string of the molecule is C/C1=C/C(c2ccccc2)=Nc2ccccc2N/C(C)=C\C(c2ccccc2)=Nc2ccccc2N1. The van der Waals surface area contributed by atoms with E-state index in [-0.39, 0.29) is 0 Å². The van der Waals surface area contributed by atoms with Gasteiger partial charge in [-0.15, -0.1) is 0 Å². The summed E-state index contributed by atoms with van der Waals surface area (Å²) in [4.78, 5) is 10.2. The minimum absolute atomic E-state index is 0.865. The van der Waals surface area contributed by atoms with E-state index in [2.05, 4.69) is 60.9 Å². The Morgan fingerprint density at radius 3 is 1.22 bits per heavy atom. The standard InChI is InChI=1S/C32H28N4/c1-23-21-31(25-13-5-3-6-14-25)35-30-20-12-10-18-28(30)34-24(2)22-32(26-15-7-4-8-16-26)36-29-19-11-9-17-27(29)33-23/h3-22,33-34H,1-2H3/b23-21-,24-22-,35-31?,36-32?. The Bertz CT molecular complexity index is 1360. The molecule has 0 spiro atoms. The Labute approximate surface area is 212 Å². The number of hydrogen-bond acceptors (Lipinski definition) is 4. The van der Waals surface area contributed by atoms with Crippen LogP contribution in [0.1, 0.15) is 25.0 Å². The van der Waals surface area contributed by atoms with Gasteiger partial charge in [-0.25, -0.2) is 9.98 Å². The second-order valence-electron chi connectivity index (χ2n) is 8.67. The Kier molecular flexibility index (Phi) is 6.86. The second-order valence-corrected chi connectivity index (χ2v) is 8.67. The third kappa shape index (κ3) is 5.50. The molecule has 4 aromatic carbocycles. The summed E-state index contributed by atoms with van der Waals surface area (Å²) in [7, 11) is 0. The summed E-state index contributed by atoms with van der Waals surface area (Å²) in [6.45, 7) is 4.11. The number of nitrogens with zero attached hydrogens (tertiary/aromatic N) is 2. The molecule has 0 unspecified atom stereocenters. The molecular formula is C32H28N4. The summed E-state index contributed by atoms with van der Waals surface area (Å²) < 4.78 is 0. The van der Waals surface area contributed by atoms with Crippen molar-refractivity contribution in [3.63, 3.8) is 0 Å². The van der Waals surface area contributed by atoms with E-state index in [9.17, 15) is 0 Å². The number of allylic oxidation sites excluding steroid dienone is 4. The molecule has 5 rings (SSSR count). The number of anilines is 2. The normalized spacial score (nSPS) is 16.7. The van der Waals surface area contributed by atoms with Crippen LogP contribution >= 0.6 is 0 Å². The molecule has 4 aromatic rings. The number of aliphatic imine (C=N–C) groups is 2. The van der Waals surface area contributed by atoms with E-state index in [0.29, 0.717) is 0 Å². The van der Waals surface area contributed by atoms with Crippen molar-refractivity contribution < 1.29 is 0 Å². The first kappa shape index (κ1) is 23.1. The first-order valence-electron chi connectivity index (χ1n) is 12.0. The lowest BCUT2D eigenvalue weighted by Gasteiger charge is -2.15. The van der Waals surface area contributed by atoms with E-state index in [0.717, 1.165) is 56.7 Å². The highest BCUT2D eigenvalue weighted by molar-refractivity contribution is 6.12. The molecule has 0 atom stereocenters. The number of nitrogens with one attached hydrogen (secondary N) is 2. The molecule has 0 amide bonds. The predicted octanol–water partition coefficient (Wildman–Crippen LogP) is 8.27. The summed E-state index contributed by atoms with van der Waals surface area (Å²) in [5.41, 5.74) is 9.38. The van der Waals surface area contributed by atoms with Crippen molar-refractivity contribution >= 4 is 34.2 Å². The number of benzene rings is 4. The molecular weight excluding hydrogens is 440 g/mol. The molecule has 0 saturated carbocycles.